The molecule has 0 amide bonds. The van der Waals surface area contributed by atoms with Gasteiger partial charge in [0.25, 0.3) is 0 Å². The largest absolute Gasteiger partial charge is 0.496 e. The van der Waals surface area contributed by atoms with Crippen LogP contribution in [0.4, 0.5) is 0 Å². The molecule has 1 heterocycles. The van der Waals surface area contributed by atoms with Gasteiger partial charge in [-0.3, -0.25) is 0 Å². The summed E-state index contributed by atoms with van der Waals surface area (Å²) in [6, 6.07) is 11.3. The van der Waals surface area contributed by atoms with Gasteiger partial charge in [-0.1, -0.05) is 15.9 Å². The van der Waals surface area contributed by atoms with E-state index in [1.54, 1.807) is 21.3 Å². The van der Waals surface area contributed by atoms with Crippen molar-refractivity contribution in [3.8, 4) is 28.6 Å². The van der Waals surface area contributed by atoms with Crippen LogP contribution in [0.5, 0.6) is 17.2 Å². The number of rotatable bonds is 6. The molecule has 0 aliphatic rings. The number of methoxy groups -OCH3 is 3. The second kappa shape index (κ2) is 7.52. The van der Waals surface area contributed by atoms with Gasteiger partial charge in [0.2, 0.25) is 5.82 Å². The smallest absolute Gasteiger partial charge is 0.205 e. The molecule has 0 bridgehead atoms. The van der Waals surface area contributed by atoms with E-state index in [0.717, 1.165) is 21.3 Å². The van der Waals surface area contributed by atoms with Gasteiger partial charge in [-0.2, -0.15) is 4.80 Å². The van der Waals surface area contributed by atoms with E-state index in [-0.39, 0.29) is 0 Å². The summed E-state index contributed by atoms with van der Waals surface area (Å²) >= 11 is 3.46. The molecule has 8 heteroatoms. The van der Waals surface area contributed by atoms with Crippen molar-refractivity contribution in [3.63, 3.8) is 0 Å². The summed E-state index contributed by atoms with van der Waals surface area (Å²) < 4.78 is 16.9. The highest BCUT2D eigenvalue weighted by Gasteiger charge is 2.12. The molecule has 1 aromatic heterocycles. The molecule has 0 radical (unpaired) electrons. The summed E-state index contributed by atoms with van der Waals surface area (Å²) in [5, 5.41) is 12.7. The summed E-state index contributed by atoms with van der Waals surface area (Å²) in [5.74, 6) is 2.55. The molecule has 7 nitrogen and oxygen atoms in total. The molecule has 3 rings (SSSR count). The summed E-state index contributed by atoms with van der Waals surface area (Å²) in [6.07, 6.45) is 0. The Morgan fingerprint density at radius 3 is 2.36 bits per heavy atom. The summed E-state index contributed by atoms with van der Waals surface area (Å²) in [6.45, 7) is 0.447. The maximum absolute atomic E-state index is 5.38. The van der Waals surface area contributed by atoms with Gasteiger partial charge in [-0.25, -0.2) is 0 Å². The van der Waals surface area contributed by atoms with Gasteiger partial charge >= 0.3 is 0 Å². The Morgan fingerprint density at radius 2 is 1.64 bits per heavy atom. The van der Waals surface area contributed by atoms with E-state index in [4.69, 9.17) is 14.2 Å². The average molecular weight is 405 g/mol. The highest BCUT2D eigenvalue weighted by atomic mass is 79.9. The van der Waals surface area contributed by atoms with Crippen LogP contribution < -0.4 is 14.2 Å². The topological polar surface area (TPSA) is 71.3 Å². The summed E-state index contributed by atoms with van der Waals surface area (Å²) in [5.41, 5.74) is 1.75. The molecule has 0 spiro atoms. The lowest BCUT2D eigenvalue weighted by Gasteiger charge is -2.08. The van der Waals surface area contributed by atoms with Gasteiger partial charge < -0.3 is 14.2 Å². The van der Waals surface area contributed by atoms with Gasteiger partial charge in [0.15, 0.2) is 11.5 Å². The predicted octanol–water partition coefficient (Wildman–Crippen LogP) is 3.18. The minimum Gasteiger partial charge on any atom is -0.496 e. The van der Waals surface area contributed by atoms with Gasteiger partial charge in [-0.15, -0.1) is 10.2 Å². The third-order valence-electron chi connectivity index (χ3n) is 3.65. The molecule has 25 heavy (non-hydrogen) atoms. The number of nitrogens with zero attached hydrogens (tertiary/aromatic N) is 4. The SMILES string of the molecule is COc1ccc(Br)cc1Cn1nnc(-c2ccc(OC)c(OC)c2)n1. The molecular weight excluding hydrogens is 388 g/mol. The van der Waals surface area contributed by atoms with E-state index in [2.05, 4.69) is 31.3 Å². The number of hydrogen-bond acceptors (Lipinski definition) is 6. The molecule has 0 saturated carbocycles. The van der Waals surface area contributed by atoms with Gasteiger partial charge in [-0.05, 0) is 41.6 Å². The standard InChI is InChI=1S/C17H17BrN4O3/c1-23-14-7-5-13(18)8-12(14)10-22-20-17(19-21-22)11-4-6-15(24-2)16(9-11)25-3/h4-9H,10H2,1-3H3. The van der Waals surface area contributed by atoms with E-state index in [0.29, 0.717) is 23.9 Å². The summed E-state index contributed by atoms with van der Waals surface area (Å²) in [7, 11) is 4.82. The molecule has 2 aromatic carbocycles. The Bertz CT molecular complexity index is 882. The van der Waals surface area contributed by atoms with E-state index in [1.807, 2.05) is 36.4 Å². The van der Waals surface area contributed by atoms with Crippen LogP contribution in [0.15, 0.2) is 40.9 Å². The molecule has 0 aliphatic heterocycles. The minimum absolute atomic E-state index is 0.447. The number of hydrogen-bond donors (Lipinski definition) is 0. The highest BCUT2D eigenvalue weighted by Crippen LogP contribution is 2.31. The zero-order chi connectivity index (χ0) is 17.8. The second-order valence-electron chi connectivity index (χ2n) is 5.17. The Hall–Kier alpha value is -2.61. The third-order valence-corrected chi connectivity index (χ3v) is 4.14. The molecule has 0 N–H and O–H groups in total. The van der Waals surface area contributed by atoms with Crippen LogP contribution in [0.3, 0.4) is 0 Å². The van der Waals surface area contributed by atoms with E-state index >= 15 is 0 Å². The minimum atomic E-state index is 0.447. The van der Waals surface area contributed by atoms with Crippen molar-refractivity contribution in [3.05, 3.63) is 46.4 Å². The Morgan fingerprint density at radius 1 is 0.920 bits per heavy atom. The Balaban J connectivity index is 1.87. The molecule has 0 atom stereocenters. The molecule has 0 unspecified atom stereocenters. The fourth-order valence-corrected chi connectivity index (χ4v) is 2.83. The normalized spacial score (nSPS) is 10.6. The number of benzene rings is 2. The van der Waals surface area contributed by atoms with Crippen molar-refractivity contribution in [1.82, 2.24) is 20.2 Å². The lowest BCUT2D eigenvalue weighted by molar-refractivity contribution is 0.355. The molecule has 0 fully saturated rings. The molecular formula is C17H17BrN4O3. The summed E-state index contributed by atoms with van der Waals surface area (Å²) in [4.78, 5) is 1.52. The van der Waals surface area contributed by atoms with Crippen LogP contribution in [0.2, 0.25) is 0 Å². The van der Waals surface area contributed by atoms with Crippen LogP contribution in [0.25, 0.3) is 11.4 Å². The number of tetrazole rings is 1. The monoisotopic (exact) mass is 404 g/mol. The van der Waals surface area contributed by atoms with Crippen LogP contribution in [0.1, 0.15) is 5.56 Å². The fourth-order valence-electron chi connectivity index (χ4n) is 2.42. The predicted molar refractivity (Wildman–Crippen MR) is 96.2 cm³/mol. The van der Waals surface area contributed by atoms with Crippen molar-refractivity contribution in [1.29, 1.82) is 0 Å². The Kier molecular flexibility index (Phi) is 5.18. The van der Waals surface area contributed by atoms with E-state index < -0.39 is 0 Å². The first-order valence-electron chi connectivity index (χ1n) is 7.47. The van der Waals surface area contributed by atoms with Crippen LogP contribution in [-0.2, 0) is 6.54 Å². The van der Waals surface area contributed by atoms with Gasteiger partial charge in [0.1, 0.15) is 5.75 Å². The van der Waals surface area contributed by atoms with Gasteiger partial charge in [0, 0.05) is 15.6 Å². The van der Waals surface area contributed by atoms with Crippen molar-refractivity contribution in [2.24, 2.45) is 0 Å². The Labute approximate surface area is 153 Å². The lowest BCUT2D eigenvalue weighted by atomic mass is 10.2. The first-order valence-corrected chi connectivity index (χ1v) is 8.26. The molecule has 130 valence electrons. The van der Waals surface area contributed by atoms with E-state index in [9.17, 15) is 0 Å². The number of aromatic nitrogens is 4. The average Bonchev–Trinajstić information content (AvgIpc) is 3.10. The molecule has 3 aromatic rings. The van der Waals surface area contributed by atoms with Crippen LogP contribution in [-0.4, -0.2) is 41.5 Å². The first kappa shape index (κ1) is 17.2. The van der Waals surface area contributed by atoms with Crippen molar-refractivity contribution in [2.75, 3.05) is 21.3 Å². The molecule has 0 saturated heterocycles. The maximum atomic E-state index is 5.38. The lowest BCUT2D eigenvalue weighted by Crippen LogP contribution is -2.05. The quantitative estimate of drug-likeness (QED) is 0.628. The third kappa shape index (κ3) is 3.74. The van der Waals surface area contributed by atoms with Crippen LogP contribution in [0, 0.1) is 0 Å². The first-order chi connectivity index (χ1) is 12.1. The van der Waals surface area contributed by atoms with Gasteiger partial charge in [0.05, 0.1) is 27.9 Å². The molecule has 0 aliphatic carbocycles. The van der Waals surface area contributed by atoms with E-state index in [1.165, 1.54) is 4.80 Å². The van der Waals surface area contributed by atoms with Crippen molar-refractivity contribution >= 4 is 15.9 Å². The second-order valence-corrected chi connectivity index (χ2v) is 6.09. The number of ether oxygens (including phenoxy) is 3. The highest BCUT2D eigenvalue weighted by molar-refractivity contribution is 9.10. The van der Waals surface area contributed by atoms with Crippen molar-refractivity contribution < 1.29 is 14.2 Å². The zero-order valence-electron chi connectivity index (χ0n) is 14.1. The van der Waals surface area contributed by atoms with Crippen molar-refractivity contribution in [2.45, 2.75) is 6.54 Å². The maximum Gasteiger partial charge on any atom is 0.205 e. The fraction of sp³-hybridized carbons (Fsp3) is 0.235. The van der Waals surface area contributed by atoms with Crippen LogP contribution >= 0.6 is 15.9 Å². The number of halogens is 1. The zero-order valence-corrected chi connectivity index (χ0v) is 15.6.